The van der Waals surface area contributed by atoms with Crippen LogP contribution in [-0.2, 0) is 43.9 Å². The van der Waals surface area contributed by atoms with E-state index >= 15 is 0 Å². The Hall–Kier alpha value is -2.93. The lowest BCUT2D eigenvalue weighted by Crippen LogP contribution is -2.17. The van der Waals surface area contributed by atoms with E-state index in [2.05, 4.69) is 10.1 Å². The molecule has 0 aliphatic heterocycles. The zero-order valence-electron chi connectivity index (χ0n) is 19.4. The van der Waals surface area contributed by atoms with Gasteiger partial charge in [-0.25, -0.2) is 19.1 Å². The molecule has 0 amide bonds. The summed E-state index contributed by atoms with van der Waals surface area (Å²) in [5.74, 6) is 0.319. The van der Waals surface area contributed by atoms with Crippen LogP contribution < -0.4 is 5.73 Å². The van der Waals surface area contributed by atoms with Crippen LogP contribution in [-0.4, -0.2) is 65.5 Å². The summed E-state index contributed by atoms with van der Waals surface area (Å²) >= 11 is 0. The maximum Gasteiger partial charge on any atom is 0.510 e. The minimum atomic E-state index is -3.91. The number of ether oxygens (including phenoxy) is 5. The fourth-order valence-electron chi connectivity index (χ4n) is 2.40. The van der Waals surface area contributed by atoms with Gasteiger partial charge in [-0.1, -0.05) is 0 Å². The van der Waals surface area contributed by atoms with Gasteiger partial charge in [0.15, 0.2) is 5.82 Å². The number of nitrogen functional groups attached to an aromatic ring is 1. The number of rotatable bonds is 13. The van der Waals surface area contributed by atoms with Gasteiger partial charge in [-0.15, -0.1) is 0 Å². The molecule has 0 saturated carbocycles. The number of nitrogens with zero attached hydrogens (tertiary/aromatic N) is 3. The molecule has 2 N–H and O–H groups in total. The maximum absolute atomic E-state index is 13.0. The predicted molar refractivity (Wildman–Crippen MR) is 117 cm³/mol. The van der Waals surface area contributed by atoms with Crippen molar-refractivity contribution in [1.29, 1.82) is 0 Å². The minimum Gasteiger partial charge on any atom is -0.432 e. The Labute approximate surface area is 196 Å². The number of nitrogens with two attached hydrogens (primary N) is 1. The summed E-state index contributed by atoms with van der Waals surface area (Å²) in [6.07, 6.45) is -1.74. The van der Waals surface area contributed by atoms with Crippen LogP contribution in [0.1, 0.15) is 33.4 Å². The molecule has 0 aliphatic rings. The van der Waals surface area contributed by atoms with Crippen LogP contribution >= 0.6 is 7.60 Å². The van der Waals surface area contributed by atoms with Crippen molar-refractivity contribution in [3.05, 3.63) is 24.2 Å². The van der Waals surface area contributed by atoms with Crippen LogP contribution in [0.25, 0.3) is 5.52 Å². The van der Waals surface area contributed by atoms with Gasteiger partial charge in [0.05, 0.1) is 37.3 Å². The van der Waals surface area contributed by atoms with Crippen LogP contribution in [0.3, 0.4) is 0 Å². The summed E-state index contributed by atoms with van der Waals surface area (Å²) in [4.78, 5) is 26.9. The second kappa shape index (κ2) is 13.1. The lowest BCUT2D eigenvalue weighted by atomic mass is 10.4. The molecule has 0 radical (unpaired) electrons. The Bertz CT molecular complexity index is 965. The van der Waals surface area contributed by atoms with E-state index in [1.165, 1.54) is 6.33 Å². The van der Waals surface area contributed by atoms with Crippen molar-refractivity contribution in [2.45, 2.75) is 46.5 Å². The second-order valence-corrected chi connectivity index (χ2v) is 9.46. The highest BCUT2D eigenvalue weighted by Crippen LogP contribution is 2.47. The number of hydrogen-bond acceptors (Lipinski definition) is 13. The lowest BCUT2D eigenvalue weighted by Gasteiger charge is -2.18. The number of fused-ring (bicyclic) bond motifs is 1. The molecule has 0 bridgehead atoms. The molecule has 0 atom stereocenters. The predicted octanol–water partition coefficient (Wildman–Crippen LogP) is 3.09. The first-order chi connectivity index (χ1) is 16.1. The van der Waals surface area contributed by atoms with Crippen molar-refractivity contribution in [1.82, 2.24) is 14.6 Å². The summed E-state index contributed by atoms with van der Waals surface area (Å²) in [6.45, 7) is 5.16. The van der Waals surface area contributed by atoms with E-state index in [-0.39, 0.29) is 19.4 Å². The molecule has 0 aromatic carbocycles. The van der Waals surface area contributed by atoms with Gasteiger partial charge >= 0.3 is 19.9 Å². The highest BCUT2D eigenvalue weighted by molar-refractivity contribution is 7.53. The average Bonchev–Trinajstić information content (AvgIpc) is 3.14. The van der Waals surface area contributed by atoms with E-state index in [0.717, 1.165) is 0 Å². The lowest BCUT2D eigenvalue weighted by molar-refractivity contribution is -0.0309. The van der Waals surface area contributed by atoms with E-state index in [1.54, 1.807) is 44.3 Å². The van der Waals surface area contributed by atoms with E-state index in [0.29, 0.717) is 17.0 Å². The first-order valence-electron chi connectivity index (χ1n) is 10.3. The molecule has 0 saturated heterocycles. The van der Waals surface area contributed by atoms with Gasteiger partial charge in [0.2, 0.25) is 13.6 Å². The minimum absolute atomic E-state index is 0.0715. The van der Waals surface area contributed by atoms with E-state index in [1.807, 2.05) is 0 Å². The van der Waals surface area contributed by atoms with Gasteiger partial charge in [0.25, 0.3) is 0 Å². The molecule has 0 aliphatic carbocycles. The van der Waals surface area contributed by atoms with Crippen molar-refractivity contribution < 1.29 is 46.9 Å². The molecule has 0 fully saturated rings. The summed E-state index contributed by atoms with van der Waals surface area (Å²) < 4.78 is 49.4. The summed E-state index contributed by atoms with van der Waals surface area (Å²) in [5, 5.41) is 4.11. The van der Waals surface area contributed by atoms with Crippen LogP contribution in [0.4, 0.5) is 15.4 Å². The third-order valence-corrected chi connectivity index (χ3v) is 5.56. The standard InChI is InChI=1S/C19H29N4O10P/c1-13(2)32-18(24)28-11-30-34(26,31-12-29-19(25)33-14(3)4)8-7-27-9-15-5-6-16-17(20)21-10-22-23(15)16/h5-6,10,13-14H,7-9,11-12H2,1-4H3,(H2,20,21,22). The van der Waals surface area contributed by atoms with E-state index in [4.69, 9.17) is 38.5 Å². The van der Waals surface area contributed by atoms with Gasteiger partial charge in [-0.05, 0) is 39.8 Å². The summed E-state index contributed by atoms with van der Waals surface area (Å²) in [5.41, 5.74) is 7.10. The first-order valence-corrected chi connectivity index (χ1v) is 12.0. The van der Waals surface area contributed by atoms with Crippen LogP contribution in [0, 0.1) is 0 Å². The number of anilines is 1. The third kappa shape index (κ3) is 9.14. The monoisotopic (exact) mass is 504 g/mol. The quantitative estimate of drug-likeness (QED) is 0.183. The van der Waals surface area contributed by atoms with Crippen LogP contribution in [0.2, 0.25) is 0 Å². The van der Waals surface area contributed by atoms with Gasteiger partial charge in [-0.3, -0.25) is 13.6 Å². The Morgan fingerprint density at radius 3 is 2.18 bits per heavy atom. The normalized spacial score (nSPS) is 11.7. The molecule has 190 valence electrons. The Morgan fingerprint density at radius 2 is 1.62 bits per heavy atom. The van der Waals surface area contributed by atoms with Crippen molar-refractivity contribution in [3.8, 4) is 0 Å². The molecular weight excluding hydrogens is 475 g/mol. The highest BCUT2D eigenvalue weighted by Gasteiger charge is 2.27. The largest absolute Gasteiger partial charge is 0.510 e. The molecule has 14 nitrogen and oxygen atoms in total. The highest BCUT2D eigenvalue weighted by atomic mass is 31.2. The number of carbonyl (C=O) groups excluding carboxylic acids is 2. The Balaban J connectivity index is 1.88. The van der Waals surface area contributed by atoms with E-state index in [9.17, 15) is 14.2 Å². The summed E-state index contributed by atoms with van der Waals surface area (Å²) in [6, 6.07) is 3.50. The number of hydrogen-bond donors (Lipinski definition) is 1. The maximum atomic E-state index is 13.0. The Kier molecular flexibility index (Phi) is 10.5. The number of carbonyl (C=O) groups is 2. The molecule has 0 unspecified atom stereocenters. The van der Waals surface area contributed by atoms with E-state index < -0.39 is 45.7 Å². The third-order valence-electron chi connectivity index (χ3n) is 3.84. The fourth-order valence-corrected chi connectivity index (χ4v) is 3.51. The van der Waals surface area contributed by atoms with Gasteiger partial charge < -0.3 is 29.4 Å². The summed E-state index contributed by atoms with van der Waals surface area (Å²) in [7, 11) is -3.91. The van der Waals surface area contributed by atoms with Crippen LogP contribution in [0.5, 0.6) is 0 Å². The zero-order valence-corrected chi connectivity index (χ0v) is 20.3. The molecule has 2 aromatic heterocycles. The molecule has 2 rings (SSSR count). The van der Waals surface area contributed by atoms with Crippen molar-refractivity contribution in [2.75, 3.05) is 32.1 Å². The van der Waals surface area contributed by atoms with Crippen molar-refractivity contribution in [2.24, 2.45) is 0 Å². The van der Waals surface area contributed by atoms with Crippen molar-refractivity contribution in [3.63, 3.8) is 0 Å². The van der Waals surface area contributed by atoms with Crippen LogP contribution in [0.15, 0.2) is 18.5 Å². The number of aromatic nitrogens is 3. The first kappa shape index (κ1) is 27.3. The van der Waals surface area contributed by atoms with Gasteiger partial charge in [0.1, 0.15) is 11.8 Å². The smallest absolute Gasteiger partial charge is 0.432 e. The van der Waals surface area contributed by atoms with Gasteiger partial charge in [0, 0.05) is 0 Å². The molecule has 2 aromatic rings. The van der Waals surface area contributed by atoms with Gasteiger partial charge in [-0.2, -0.15) is 5.10 Å². The Morgan fingerprint density at radius 1 is 1.03 bits per heavy atom. The zero-order chi connectivity index (χ0) is 25.1. The second-order valence-electron chi connectivity index (χ2n) is 7.27. The molecule has 34 heavy (non-hydrogen) atoms. The average molecular weight is 504 g/mol. The topological polar surface area (TPSA) is 172 Å². The molecular formula is C19H29N4O10P. The molecule has 2 heterocycles. The fraction of sp³-hybridized carbons (Fsp3) is 0.579. The molecule has 15 heteroatoms. The SMILES string of the molecule is CC(C)OC(=O)OCOP(=O)(CCOCc1ccc2c(N)ncnn12)OCOC(=O)OC(C)C. The van der Waals surface area contributed by atoms with Crippen molar-refractivity contribution >= 4 is 31.2 Å². The molecule has 0 spiro atoms.